The van der Waals surface area contributed by atoms with Crippen molar-refractivity contribution in [2.75, 3.05) is 12.4 Å². The Morgan fingerprint density at radius 3 is 2.55 bits per heavy atom. The Morgan fingerprint density at radius 1 is 1.45 bits per heavy atom. The zero-order valence-electron chi connectivity index (χ0n) is 11.1. The van der Waals surface area contributed by atoms with Gasteiger partial charge in [-0.3, -0.25) is 0 Å². The Hall–Kier alpha value is -1.32. The fraction of sp³-hybridized carbons (Fsp3) is 0.462. The van der Waals surface area contributed by atoms with Gasteiger partial charge in [0.1, 0.15) is 0 Å². The van der Waals surface area contributed by atoms with Crippen LogP contribution in [0.4, 0.5) is 4.39 Å². The molecule has 0 aromatic heterocycles. The van der Waals surface area contributed by atoms with E-state index < -0.39 is 14.9 Å². The molecule has 1 aromatic carbocycles. The summed E-state index contributed by atoms with van der Waals surface area (Å²) in [5, 5.41) is 8.63. The molecule has 1 unspecified atom stereocenters. The van der Waals surface area contributed by atoms with Gasteiger partial charge < -0.3 is 4.74 Å². The third-order valence-corrected chi connectivity index (χ3v) is 4.07. The van der Waals surface area contributed by atoms with Gasteiger partial charge >= 0.3 is 0 Å². The fourth-order valence-corrected chi connectivity index (χ4v) is 3.05. The number of hydrogen-bond acceptors (Lipinski definition) is 4. The van der Waals surface area contributed by atoms with Crippen LogP contribution in [0.3, 0.4) is 0 Å². The van der Waals surface area contributed by atoms with Gasteiger partial charge in [0.05, 0.1) is 24.0 Å². The van der Waals surface area contributed by atoms with Crippen LogP contribution < -0.4 is 4.74 Å². The average molecular weight is 320 g/mol. The Kier molecular flexibility index (Phi) is 5.78. The second-order valence-electron chi connectivity index (χ2n) is 4.78. The molecule has 1 atom stereocenters. The SMILES string of the molecule is CC(C)C(COc1ccc(C#N)cc1F)CS(=O)(=O)Cl. The minimum Gasteiger partial charge on any atom is -0.490 e. The van der Waals surface area contributed by atoms with E-state index in [1.54, 1.807) is 0 Å². The van der Waals surface area contributed by atoms with Crippen molar-refractivity contribution in [2.24, 2.45) is 11.8 Å². The van der Waals surface area contributed by atoms with Crippen molar-refractivity contribution in [3.8, 4) is 11.8 Å². The molecule has 20 heavy (non-hydrogen) atoms. The van der Waals surface area contributed by atoms with Gasteiger partial charge in [0.15, 0.2) is 11.6 Å². The lowest BCUT2D eigenvalue weighted by molar-refractivity contribution is 0.217. The van der Waals surface area contributed by atoms with Crippen molar-refractivity contribution < 1.29 is 17.5 Å². The van der Waals surface area contributed by atoms with E-state index in [0.29, 0.717) is 0 Å². The largest absolute Gasteiger partial charge is 0.490 e. The van der Waals surface area contributed by atoms with E-state index in [9.17, 15) is 12.8 Å². The van der Waals surface area contributed by atoms with Crippen molar-refractivity contribution in [3.05, 3.63) is 29.6 Å². The van der Waals surface area contributed by atoms with E-state index >= 15 is 0 Å². The summed E-state index contributed by atoms with van der Waals surface area (Å²) in [6.07, 6.45) is 0. The van der Waals surface area contributed by atoms with Gasteiger partial charge in [0.25, 0.3) is 0 Å². The van der Waals surface area contributed by atoms with Gasteiger partial charge in [-0.15, -0.1) is 0 Å². The van der Waals surface area contributed by atoms with Crippen molar-refractivity contribution >= 4 is 19.7 Å². The first-order chi connectivity index (χ1) is 9.23. The number of benzene rings is 1. The number of nitrogens with zero attached hydrogens (tertiary/aromatic N) is 1. The first-order valence-corrected chi connectivity index (χ1v) is 8.45. The standard InChI is InChI=1S/C13H15ClFNO3S/c1-9(2)11(8-20(14,17)18)7-19-13-4-3-10(6-16)5-12(13)15/h3-5,9,11H,7-8H2,1-2H3. The van der Waals surface area contributed by atoms with E-state index in [1.807, 2.05) is 19.9 Å². The molecule has 0 spiro atoms. The van der Waals surface area contributed by atoms with E-state index in [4.69, 9.17) is 20.7 Å². The maximum atomic E-state index is 13.6. The number of halogens is 2. The molecular formula is C13H15ClFNO3S. The van der Waals surface area contributed by atoms with Crippen LogP contribution in [0.5, 0.6) is 5.75 Å². The molecule has 110 valence electrons. The third kappa shape index (κ3) is 5.35. The summed E-state index contributed by atoms with van der Waals surface area (Å²) in [6.45, 7) is 3.71. The van der Waals surface area contributed by atoms with Crippen molar-refractivity contribution in [3.63, 3.8) is 0 Å². The minimum absolute atomic E-state index is 0.0124. The Bertz CT molecular complexity index is 611. The summed E-state index contributed by atoms with van der Waals surface area (Å²) in [5.41, 5.74) is 0.193. The summed E-state index contributed by atoms with van der Waals surface area (Å²) in [4.78, 5) is 0. The van der Waals surface area contributed by atoms with Crippen LogP contribution in [0.1, 0.15) is 19.4 Å². The van der Waals surface area contributed by atoms with Gasteiger partial charge in [0.2, 0.25) is 9.05 Å². The van der Waals surface area contributed by atoms with Crippen LogP contribution in [0, 0.1) is 29.0 Å². The molecule has 1 aromatic rings. The summed E-state index contributed by atoms with van der Waals surface area (Å²) < 4.78 is 41.1. The van der Waals surface area contributed by atoms with Crippen molar-refractivity contribution in [2.45, 2.75) is 13.8 Å². The molecule has 0 N–H and O–H groups in total. The van der Waals surface area contributed by atoms with Gasteiger partial charge in [-0.2, -0.15) is 5.26 Å². The summed E-state index contributed by atoms with van der Waals surface area (Å²) in [5.74, 6) is -1.22. The highest BCUT2D eigenvalue weighted by atomic mass is 35.7. The van der Waals surface area contributed by atoms with Crippen LogP contribution in [-0.2, 0) is 9.05 Å². The average Bonchev–Trinajstić information content (AvgIpc) is 2.33. The molecule has 0 aliphatic carbocycles. The van der Waals surface area contributed by atoms with E-state index in [1.165, 1.54) is 12.1 Å². The van der Waals surface area contributed by atoms with Crippen LogP contribution in [0.15, 0.2) is 18.2 Å². The van der Waals surface area contributed by atoms with E-state index in [-0.39, 0.29) is 35.5 Å². The minimum atomic E-state index is -3.64. The number of nitriles is 1. The lowest BCUT2D eigenvalue weighted by Crippen LogP contribution is -2.24. The normalized spacial score (nSPS) is 13.0. The molecule has 1 rings (SSSR count). The zero-order valence-corrected chi connectivity index (χ0v) is 12.7. The van der Waals surface area contributed by atoms with Gasteiger partial charge in [-0.05, 0) is 24.1 Å². The van der Waals surface area contributed by atoms with Gasteiger partial charge in [-0.1, -0.05) is 13.8 Å². The molecule has 4 nitrogen and oxygen atoms in total. The Morgan fingerprint density at radius 2 is 2.10 bits per heavy atom. The quantitative estimate of drug-likeness (QED) is 0.756. The maximum absolute atomic E-state index is 13.6. The molecule has 0 aliphatic rings. The molecular weight excluding hydrogens is 305 g/mol. The summed E-state index contributed by atoms with van der Waals surface area (Å²) in [6, 6.07) is 5.66. The van der Waals surface area contributed by atoms with Gasteiger partial charge in [0, 0.05) is 16.6 Å². The second kappa shape index (κ2) is 6.91. The predicted molar refractivity (Wildman–Crippen MR) is 74.6 cm³/mol. The van der Waals surface area contributed by atoms with E-state index in [2.05, 4.69) is 0 Å². The monoisotopic (exact) mass is 319 g/mol. The van der Waals surface area contributed by atoms with Gasteiger partial charge in [-0.25, -0.2) is 12.8 Å². The predicted octanol–water partition coefficient (Wildman–Crippen LogP) is 2.92. The Labute approximate surface area is 122 Å². The summed E-state index contributed by atoms with van der Waals surface area (Å²) >= 11 is 0. The van der Waals surface area contributed by atoms with Crippen molar-refractivity contribution in [1.29, 1.82) is 5.26 Å². The summed E-state index contributed by atoms with van der Waals surface area (Å²) in [7, 11) is 1.59. The first-order valence-electron chi connectivity index (χ1n) is 5.97. The molecule has 0 saturated carbocycles. The molecule has 0 fully saturated rings. The molecule has 0 heterocycles. The molecule has 0 saturated heterocycles. The molecule has 0 bridgehead atoms. The molecule has 0 radical (unpaired) electrons. The Balaban J connectivity index is 2.76. The first kappa shape index (κ1) is 16.7. The van der Waals surface area contributed by atoms with E-state index in [0.717, 1.165) is 6.07 Å². The van der Waals surface area contributed by atoms with Crippen LogP contribution in [0.25, 0.3) is 0 Å². The zero-order chi connectivity index (χ0) is 15.3. The fourth-order valence-electron chi connectivity index (χ4n) is 1.57. The van der Waals surface area contributed by atoms with Crippen LogP contribution in [0.2, 0.25) is 0 Å². The molecule has 0 amide bonds. The smallest absolute Gasteiger partial charge is 0.233 e. The van der Waals surface area contributed by atoms with Crippen molar-refractivity contribution in [1.82, 2.24) is 0 Å². The van der Waals surface area contributed by atoms with Crippen LogP contribution in [-0.4, -0.2) is 20.8 Å². The number of rotatable bonds is 6. The molecule has 0 aliphatic heterocycles. The lowest BCUT2D eigenvalue weighted by Gasteiger charge is -2.20. The van der Waals surface area contributed by atoms with Crippen LogP contribution >= 0.6 is 10.7 Å². The highest BCUT2D eigenvalue weighted by Gasteiger charge is 2.21. The molecule has 7 heteroatoms. The maximum Gasteiger partial charge on any atom is 0.233 e. The highest BCUT2D eigenvalue weighted by Crippen LogP contribution is 2.21. The lowest BCUT2D eigenvalue weighted by atomic mass is 9.99. The number of ether oxygens (including phenoxy) is 1. The second-order valence-corrected chi connectivity index (χ2v) is 7.60. The third-order valence-electron chi connectivity index (χ3n) is 2.87. The highest BCUT2D eigenvalue weighted by molar-refractivity contribution is 8.13. The number of hydrogen-bond donors (Lipinski definition) is 0. The topological polar surface area (TPSA) is 67.2 Å².